The molecule has 1 fully saturated rings. The molecule has 0 aliphatic carbocycles. The summed E-state index contributed by atoms with van der Waals surface area (Å²) in [6.45, 7) is 2.65. The first-order valence-electron chi connectivity index (χ1n) is 6.45. The summed E-state index contributed by atoms with van der Waals surface area (Å²) in [6, 6.07) is 3.79. The topological polar surface area (TPSA) is 98.9 Å². The second-order valence-electron chi connectivity index (χ2n) is 4.79. The molecule has 1 atom stereocenters. The highest BCUT2D eigenvalue weighted by atomic mass is 32.2. The SMILES string of the molecule is COC(=O)c1cc(N)ccc1S(=O)(=O)N1CCOC[C@H]1C. The van der Waals surface area contributed by atoms with Gasteiger partial charge in [0.05, 0.1) is 30.8 Å². The predicted octanol–water partition coefficient (Wildman–Crippen LogP) is 0.465. The Kier molecular flexibility index (Phi) is 4.50. The van der Waals surface area contributed by atoms with Crippen LogP contribution in [0.5, 0.6) is 0 Å². The molecule has 1 saturated heterocycles. The average Bonchev–Trinajstić information content (AvgIpc) is 2.46. The van der Waals surface area contributed by atoms with Gasteiger partial charge >= 0.3 is 5.97 Å². The van der Waals surface area contributed by atoms with E-state index in [1.807, 2.05) is 0 Å². The number of hydrogen-bond acceptors (Lipinski definition) is 6. The van der Waals surface area contributed by atoms with E-state index in [0.717, 1.165) is 0 Å². The van der Waals surface area contributed by atoms with Crippen molar-refractivity contribution in [3.63, 3.8) is 0 Å². The molecule has 7 nitrogen and oxygen atoms in total. The van der Waals surface area contributed by atoms with Gasteiger partial charge in [0.1, 0.15) is 0 Å². The minimum absolute atomic E-state index is 0.0591. The zero-order valence-corrected chi connectivity index (χ0v) is 12.7. The van der Waals surface area contributed by atoms with Crippen LogP contribution in [0.25, 0.3) is 0 Å². The molecule has 2 rings (SSSR count). The Morgan fingerprint density at radius 1 is 1.48 bits per heavy atom. The van der Waals surface area contributed by atoms with Crippen molar-refractivity contribution in [2.24, 2.45) is 0 Å². The molecule has 0 bridgehead atoms. The Morgan fingerprint density at radius 3 is 2.81 bits per heavy atom. The maximum Gasteiger partial charge on any atom is 0.339 e. The zero-order valence-electron chi connectivity index (χ0n) is 11.9. The number of esters is 1. The quantitative estimate of drug-likeness (QED) is 0.643. The predicted molar refractivity (Wildman–Crippen MR) is 76.4 cm³/mol. The number of nitrogens with zero attached hydrogens (tertiary/aromatic N) is 1. The van der Waals surface area contributed by atoms with Gasteiger partial charge in [0.15, 0.2) is 0 Å². The number of rotatable bonds is 3. The van der Waals surface area contributed by atoms with E-state index >= 15 is 0 Å². The van der Waals surface area contributed by atoms with Crippen molar-refractivity contribution in [2.45, 2.75) is 17.9 Å². The summed E-state index contributed by atoms with van der Waals surface area (Å²) in [4.78, 5) is 11.7. The van der Waals surface area contributed by atoms with Crippen LogP contribution in [0.3, 0.4) is 0 Å². The molecule has 2 N–H and O–H groups in total. The van der Waals surface area contributed by atoms with Crippen LogP contribution < -0.4 is 5.73 Å². The molecule has 1 heterocycles. The van der Waals surface area contributed by atoms with Crippen LogP contribution in [0.15, 0.2) is 23.1 Å². The van der Waals surface area contributed by atoms with E-state index in [-0.39, 0.29) is 23.0 Å². The Hall–Kier alpha value is -1.64. The fourth-order valence-electron chi connectivity index (χ4n) is 2.24. The van der Waals surface area contributed by atoms with Crippen molar-refractivity contribution in [3.8, 4) is 0 Å². The second kappa shape index (κ2) is 6.00. The Balaban J connectivity index is 2.51. The molecule has 1 aromatic rings. The van der Waals surface area contributed by atoms with E-state index in [9.17, 15) is 13.2 Å². The van der Waals surface area contributed by atoms with Crippen LogP contribution in [0.1, 0.15) is 17.3 Å². The van der Waals surface area contributed by atoms with Gasteiger partial charge in [0.25, 0.3) is 0 Å². The van der Waals surface area contributed by atoms with E-state index < -0.39 is 16.0 Å². The molecule has 21 heavy (non-hydrogen) atoms. The van der Waals surface area contributed by atoms with Gasteiger partial charge in [-0.25, -0.2) is 13.2 Å². The molecular weight excluding hydrogens is 296 g/mol. The first-order valence-corrected chi connectivity index (χ1v) is 7.89. The van der Waals surface area contributed by atoms with E-state index in [1.54, 1.807) is 6.92 Å². The van der Waals surface area contributed by atoms with Gasteiger partial charge < -0.3 is 15.2 Å². The highest BCUT2D eigenvalue weighted by Crippen LogP contribution is 2.25. The van der Waals surface area contributed by atoms with Crippen LogP contribution in [-0.4, -0.2) is 51.6 Å². The molecule has 0 radical (unpaired) electrons. The van der Waals surface area contributed by atoms with E-state index in [1.165, 1.54) is 29.6 Å². The lowest BCUT2D eigenvalue weighted by Gasteiger charge is -2.32. The fourth-order valence-corrected chi connectivity index (χ4v) is 4.00. The number of sulfonamides is 1. The number of morpholine rings is 1. The number of carbonyl (C=O) groups is 1. The van der Waals surface area contributed by atoms with Gasteiger partial charge in [-0.2, -0.15) is 4.31 Å². The van der Waals surface area contributed by atoms with Crippen LogP contribution in [0.4, 0.5) is 5.69 Å². The van der Waals surface area contributed by atoms with Gasteiger partial charge in [0, 0.05) is 18.3 Å². The molecule has 0 saturated carbocycles. The third-order valence-electron chi connectivity index (χ3n) is 3.30. The van der Waals surface area contributed by atoms with Crippen molar-refractivity contribution in [1.82, 2.24) is 4.31 Å². The Morgan fingerprint density at radius 2 is 2.19 bits per heavy atom. The molecule has 0 spiro atoms. The minimum Gasteiger partial charge on any atom is -0.465 e. The molecular formula is C13H18N2O5S. The number of anilines is 1. The van der Waals surface area contributed by atoms with Crippen LogP contribution in [-0.2, 0) is 19.5 Å². The molecule has 1 aromatic carbocycles. The number of nitrogens with two attached hydrogens (primary N) is 1. The van der Waals surface area contributed by atoms with E-state index in [4.69, 9.17) is 10.5 Å². The average molecular weight is 314 g/mol. The van der Waals surface area contributed by atoms with Crippen LogP contribution >= 0.6 is 0 Å². The number of hydrogen-bond donors (Lipinski definition) is 1. The third-order valence-corrected chi connectivity index (χ3v) is 5.37. The van der Waals surface area contributed by atoms with Crippen molar-refractivity contribution in [2.75, 3.05) is 32.6 Å². The van der Waals surface area contributed by atoms with Crippen molar-refractivity contribution in [3.05, 3.63) is 23.8 Å². The fraction of sp³-hybridized carbons (Fsp3) is 0.462. The van der Waals surface area contributed by atoms with Gasteiger partial charge in [-0.15, -0.1) is 0 Å². The molecule has 8 heteroatoms. The summed E-state index contributed by atoms with van der Waals surface area (Å²) in [5.74, 6) is -0.734. The Bertz CT molecular complexity index is 644. The maximum absolute atomic E-state index is 12.8. The summed E-state index contributed by atoms with van der Waals surface area (Å²) < 4.78 is 36.8. The molecule has 116 valence electrons. The van der Waals surface area contributed by atoms with Gasteiger partial charge in [-0.05, 0) is 25.1 Å². The van der Waals surface area contributed by atoms with E-state index in [2.05, 4.69) is 4.74 Å². The number of methoxy groups -OCH3 is 1. The first kappa shape index (κ1) is 15.7. The van der Waals surface area contributed by atoms with Gasteiger partial charge in [0.2, 0.25) is 10.0 Å². The van der Waals surface area contributed by atoms with Crippen LogP contribution in [0.2, 0.25) is 0 Å². The maximum atomic E-state index is 12.8. The third kappa shape index (κ3) is 3.02. The van der Waals surface area contributed by atoms with Crippen molar-refractivity contribution in [1.29, 1.82) is 0 Å². The molecule has 0 unspecified atom stereocenters. The number of ether oxygens (including phenoxy) is 2. The molecule has 1 aliphatic heterocycles. The standard InChI is InChI=1S/C13H18N2O5S/c1-9-8-20-6-5-15(9)21(17,18)12-4-3-10(14)7-11(12)13(16)19-2/h3-4,7,9H,5-6,8,14H2,1-2H3/t9-/m1/s1. The molecule has 0 aromatic heterocycles. The lowest BCUT2D eigenvalue weighted by atomic mass is 10.2. The normalized spacial score (nSPS) is 20.2. The summed E-state index contributed by atoms with van der Waals surface area (Å²) in [5, 5.41) is 0. The lowest BCUT2D eigenvalue weighted by Crippen LogP contribution is -2.47. The second-order valence-corrected chi connectivity index (χ2v) is 6.65. The van der Waals surface area contributed by atoms with Crippen molar-refractivity contribution >= 4 is 21.7 Å². The summed E-state index contributed by atoms with van der Waals surface area (Å²) in [5.41, 5.74) is 5.87. The zero-order chi connectivity index (χ0) is 15.6. The minimum atomic E-state index is -3.82. The van der Waals surface area contributed by atoms with Gasteiger partial charge in [-0.3, -0.25) is 0 Å². The summed E-state index contributed by atoms with van der Waals surface area (Å²) in [7, 11) is -2.62. The summed E-state index contributed by atoms with van der Waals surface area (Å²) in [6.07, 6.45) is 0. The number of benzene rings is 1. The van der Waals surface area contributed by atoms with Crippen molar-refractivity contribution < 1.29 is 22.7 Å². The highest BCUT2D eigenvalue weighted by Gasteiger charge is 2.34. The lowest BCUT2D eigenvalue weighted by molar-refractivity contribution is 0.0391. The largest absolute Gasteiger partial charge is 0.465 e. The molecule has 0 amide bonds. The number of carbonyl (C=O) groups excluding carboxylic acids is 1. The summed E-state index contributed by atoms with van der Waals surface area (Å²) >= 11 is 0. The Labute approximate surface area is 123 Å². The first-order chi connectivity index (χ1) is 9.87. The monoisotopic (exact) mass is 314 g/mol. The smallest absolute Gasteiger partial charge is 0.339 e. The molecule has 1 aliphatic rings. The van der Waals surface area contributed by atoms with Crippen LogP contribution in [0, 0.1) is 0 Å². The number of nitrogen functional groups attached to an aromatic ring is 1. The van der Waals surface area contributed by atoms with Gasteiger partial charge in [-0.1, -0.05) is 0 Å². The van der Waals surface area contributed by atoms with E-state index in [0.29, 0.717) is 18.9 Å². The highest BCUT2D eigenvalue weighted by molar-refractivity contribution is 7.89.